The highest BCUT2D eigenvalue weighted by molar-refractivity contribution is 6.37. The van der Waals surface area contributed by atoms with Gasteiger partial charge in [0.25, 0.3) is 0 Å². The number of carbonyl (C=O) groups excluding carboxylic acids is 1. The lowest BCUT2D eigenvalue weighted by Gasteiger charge is -2.07. The summed E-state index contributed by atoms with van der Waals surface area (Å²) in [6.07, 6.45) is 4.21. The van der Waals surface area contributed by atoms with Gasteiger partial charge in [-0.15, -0.1) is 0 Å². The molecule has 2 nitrogen and oxygen atoms in total. The Labute approximate surface area is 97.0 Å². The normalized spacial score (nSPS) is 10.3. The van der Waals surface area contributed by atoms with Gasteiger partial charge in [0.05, 0.1) is 15.7 Å². The Morgan fingerprint density at radius 2 is 1.80 bits per heavy atom. The summed E-state index contributed by atoms with van der Waals surface area (Å²) in [6.45, 7) is 0. The van der Waals surface area contributed by atoms with Crippen LogP contribution in [0.1, 0.15) is 10.4 Å². The molecule has 1 aromatic heterocycles. The first kappa shape index (κ1) is 10.3. The molecule has 0 aliphatic heterocycles. The van der Waals surface area contributed by atoms with Crippen LogP contribution in [0.3, 0.4) is 0 Å². The first-order valence-electron chi connectivity index (χ1n) is 4.30. The first-order valence-corrected chi connectivity index (χ1v) is 5.05. The summed E-state index contributed by atoms with van der Waals surface area (Å²) < 4.78 is 1.73. The van der Waals surface area contributed by atoms with Crippen molar-refractivity contribution in [2.45, 2.75) is 0 Å². The molecule has 0 bridgehead atoms. The van der Waals surface area contributed by atoms with Crippen LogP contribution in [-0.4, -0.2) is 10.9 Å². The van der Waals surface area contributed by atoms with Gasteiger partial charge >= 0.3 is 0 Å². The Morgan fingerprint density at radius 1 is 1.13 bits per heavy atom. The fourth-order valence-corrected chi connectivity index (χ4v) is 1.95. The molecule has 4 heteroatoms. The highest BCUT2D eigenvalue weighted by atomic mass is 35.5. The zero-order chi connectivity index (χ0) is 10.8. The Balaban J connectivity index is 2.58. The zero-order valence-corrected chi connectivity index (χ0v) is 9.16. The van der Waals surface area contributed by atoms with Gasteiger partial charge in [-0.2, -0.15) is 0 Å². The maximum atomic E-state index is 10.5. The summed E-state index contributed by atoms with van der Waals surface area (Å²) in [5, 5.41) is 1.10. The zero-order valence-electron chi connectivity index (χ0n) is 7.65. The number of hydrogen-bond acceptors (Lipinski definition) is 1. The van der Waals surface area contributed by atoms with Gasteiger partial charge in [-0.1, -0.05) is 29.3 Å². The highest BCUT2D eigenvalue weighted by Gasteiger charge is 2.07. The van der Waals surface area contributed by atoms with Crippen molar-refractivity contribution in [2.24, 2.45) is 0 Å². The third-order valence-electron chi connectivity index (χ3n) is 2.05. The number of para-hydroxylation sites is 1. The molecule has 0 saturated carbocycles. The van der Waals surface area contributed by atoms with Crippen molar-refractivity contribution in [3.05, 3.63) is 52.3 Å². The van der Waals surface area contributed by atoms with Crippen LogP contribution in [0.5, 0.6) is 0 Å². The van der Waals surface area contributed by atoms with Crippen molar-refractivity contribution in [1.82, 2.24) is 4.57 Å². The maximum absolute atomic E-state index is 10.5. The van der Waals surface area contributed by atoms with Crippen LogP contribution < -0.4 is 0 Å². The lowest BCUT2D eigenvalue weighted by Crippen LogP contribution is -1.92. The van der Waals surface area contributed by atoms with Gasteiger partial charge in [0.2, 0.25) is 0 Å². The Morgan fingerprint density at radius 3 is 2.33 bits per heavy atom. The largest absolute Gasteiger partial charge is 0.320 e. The molecule has 2 aromatic rings. The van der Waals surface area contributed by atoms with Crippen LogP contribution in [0.2, 0.25) is 10.0 Å². The lowest BCUT2D eigenvalue weighted by molar-refractivity contribution is 0.112. The smallest absolute Gasteiger partial charge is 0.151 e. The summed E-state index contributed by atoms with van der Waals surface area (Å²) >= 11 is 12.0. The molecule has 1 heterocycles. The van der Waals surface area contributed by atoms with Crippen molar-refractivity contribution < 1.29 is 4.79 Å². The molecule has 2 rings (SSSR count). The van der Waals surface area contributed by atoms with Crippen LogP contribution in [0.15, 0.2) is 36.7 Å². The fourth-order valence-electron chi connectivity index (χ4n) is 1.36. The predicted octanol–water partition coefficient (Wildman–Crippen LogP) is 3.60. The molecule has 1 aromatic carbocycles. The minimum atomic E-state index is 0.551. The number of rotatable bonds is 2. The van der Waals surface area contributed by atoms with E-state index in [2.05, 4.69) is 0 Å². The molecule has 0 spiro atoms. The third kappa shape index (κ3) is 1.91. The quantitative estimate of drug-likeness (QED) is 0.735. The van der Waals surface area contributed by atoms with E-state index < -0.39 is 0 Å². The van der Waals surface area contributed by atoms with Gasteiger partial charge in [0, 0.05) is 18.0 Å². The average molecular weight is 240 g/mol. The van der Waals surface area contributed by atoms with E-state index in [0.717, 1.165) is 6.29 Å². The molecule has 0 amide bonds. The van der Waals surface area contributed by atoms with E-state index in [-0.39, 0.29) is 0 Å². The number of aromatic nitrogens is 1. The Kier molecular flexibility index (Phi) is 2.80. The van der Waals surface area contributed by atoms with Gasteiger partial charge in [-0.3, -0.25) is 4.79 Å². The fraction of sp³-hybridized carbons (Fsp3) is 0. The van der Waals surface area contributed by atoms with E-state index in [0.29, 0.717) is 21.3 Å². The molecule has 0 saturated heterocycles. The van der Waals surface area contributed by atoms with Crippen LogP contribution in [0, 0.1) is 0 Å². The molecule has 0 unspecified atom stereocenters. The van der Waals surface area contributed by atoms with E-state index in [1.165, 1.54) is 0 Å². The van der Waals surface area contributed by atoms with Gasteiger partial charge in [-0.05, 0) is 18.2 Å². The molecule has 0 radical (unpaired) electrons. The molecule has 0 aliphatic rings. The van der Waals surface area contributed by atoms with Gasteiger partial charge in [0.1, 0.15) is 0 Å². The van der Waals surface area contributed by atoms with Crippen molar-refractivity contribution in [3.8, 4) is 5.69 Å². The predicted molar refractivity (Wildman–Crippen MR) is 61.2 cm³/mol. The molecular weight excluding hydrogens is 233 g/mol. The maximum Gasteiger partial charge on any atom is 0.151 e. The van der Waals surface area contributed by atoms with Crippen molar-refractivity contribution >= 4 is 29.5 Å². The van der Waals surface area contributed by atoms with E-state index in [9.17, 15) is 4.79 Å². The van der Waals surface area contributed by atoms with E-state index >= 15 is 0 Å². The molecule has 15 heavy (non-hydrogen) atoms. The van der Waals surface area contributed by atoms with Crippen LogP contribution in [0.4, 0.5) is 0 Å². The summed E-state index contributed by atoms with van der Waals surface area (Å²) in [5.41, 5.74) is 1.28. The monoisotopic (exact) mass is 239 g/mol. The Hall–Kier alpha value is -1.25. The van der Waals surface area contributed by atoms with Crippen LogP contribution >= 0.6 is 23.2 Å². The SMILES string of the molecule is O=Cc1ccn(-c2c(Cl)cccc2Cl)c1. The number of aldehydes is 1. The van der Waals surface area contributed by atoms with Crippen molar-refractivity contribution in [2.75, 3.05) is 0 Å². The average Bonchev–Trinajstić information content (AvgIpc) is 2.66. The standard InChI is InChI=1S/C11H7Cl2NO/c12-9-2-1-3-10(13)11(9)14-5-4-8(6-14)7-15/h1-7H. The summed E-state index contributed by atoms with van der Waals surface area (Å²) in [7, 11) is 0. The first-order chi connectivity index (χ1) is 7.22. The minimum absolute atomic E-state index is 0.551. The lowest BCUT2D eigenvalue weighted by atomic mass is 10.3. The van der Waals surface area contributed by atoms with E-state index in [4.69, 9.17) is 23.2 Å². The number of benzene rings is 1. The van der Waals surface area contributed by atoms with E-state index in [1.54, 1.807) is 41.2 Å². The molecular formula is C11H7Cl2NO. The molecule has 0 N–H and O–H groups in total. The third-order valence-corrected chi connectivity index (χ3v) is 2.66. The molecule has 0 aliphatic carbocycles. The summed E-state index contributed by atoms with van der Waals surface area (Å²) in [6, 6.07) is 6.98. The summed E-state index contributed by atoms with van der Waals surface area (Å²) in [5.74, 6) is 0. The second-order valence-electron chi connectivity index (χ2n) is 3.04. The Bertz CT molecular complexity index is 485. The number of nitrogens with zero attached hydrogens (tertiary/aromatic N) is 1. The van der Waals surface area contributed by atoms with Crippen molar-refractivity contribution in [1.29, 1.82) is 0 Å². The summed E-state index contributed by atoms with van der Waals surface area (Å²) in [4.78, 5) is 10.5. The molecule has 0 atom stereocenters. The van der Waals surface area contributed by atoms with Crippen molar-refractivity contribution in [3.63, 3.8) is 0 Å². The van der Waals surface area contributed by atoms with E-state index in [1.807, 2.05) is 0 Å². The van der Waals surface area contributed by atoms with Crippen LogP contribution in [0.25, 0.3) is 5.69 Å². The van der Waals surface area contributed by atoms with Crippen LogP contribution in [-0.2, 0) is 0 Å². The van der Waals surface area contributed by atoms with Gasteiger partial charge in [-0.25, -0.2) is 0 Å². The molecule has 76 valence electrons. The second-order valence-corrected chi connectivity index (χ2v) is 3.85. The minimum Gasteiger partial charge on any atom is -0.320 e. The van der Waals surface area contributed by atoms with Gasteiger partial charge < -0.3 is 4.57 Å². The number of hydrogen-bond donors (Lipinski definition) is 0. The molecule has 0 fully saturated rings. The number of halogens is 2. The topological polar surface area (TPSA) is 22.0 Å². The highest BCUT2D eigenvalue weighted by Crippen LogP contribution is 2.28. The second kappa shape index (κ2) is 4.09. The van der Waals surface area contributed by atoms with Gasteiger partial charge in [0.15, 0.2) is 6.29 Å². The number of carbonyl (C=O) groups is 1.